The molecule has 0 spiro atoms. The molecule has 2 aliphatic heterocycles. The second kappa shape index (κ2) is 16.8. The topological polar surface area (TPSA) is 171 Å². The first-order valence-electron chi connectivity index (χ1n) is 17.5. The van der Waals surface area contributed by atoms with Crippen LogP contribution in [-0.2, 0) is 29.0 Å². The highest BCUT2D eigenvalue weighted by Crippen LogP contribution is 2.42. The number of amides is 5. The highest BCUT2D eigenvalue weighted by Gasteiger charge is 2.52. The predicted molar refractivity (Wildman–Crippen MR) is 191 cm³/mol. The number of halogens is 2. The zero-order valence-electron chi connectivity index (χ0n) is 29.5. The highest BCUT2D eigenvalue weighted by atomic mass is 35.5. The molecule has 278 valence electrons. The molecule has 0 radical (unpaired) electrons. The summed E-state index contributed by atoms with van der Waals surface area (Å²) in [6.07, 6.45) is 7.35. The van der Waals surface area contributed by atoms with Crippen LogP contribution in [0.3, 0.4) is 0 Å². The lowest BCUT2D eigenvalue weighted by molar-refractivity contribution is -0.148. The number of likely N-dealkylation sites (tertiary alicyclic amines) is 1. The van der Waals surface area contributed by atoms with E-state index in [9.17, 15) is 32.4 Å². The summed E-state index contributed by atoms with van der Waals surface area (Å²) in [5.41, 5.74) is -1.77. The van der Waals surface area contributed by atoms with Crippen LogP contribution in [0.4, 0.5) is 4.79 Å². The lowest BCUT2D eigenvalue weighted by Crippen LogP contribution is -2.67. The molecule has 1 aliphatic carbocycles. The first-order chi connectivity index (χ1) is 22.8. The van der Waals surface area contributed by atoms with Crippen LogP contribution in [0.5, 0.6) is 0 Å². The van der Waals surface area contributed by atoms with Crippen LogP contribution in [0.15, 0.2) is 12.7 Å². The number of nitrogens with one attached hydrogen (secondary N) is 4. The highest BCUT2D eigenvalue weighted by molar-refractivity contribution is 7.92. The molecule has 5 atom stereocenters. The number of piperidine rings is 1. The normalized spacial score (nSPS) is 25.7. The summed E-state index contributed by atoms with van der Waals surface area (Å²) < 4.78 is 24.7. The number of carbonyl (C=O) groups excluding carboxylic acids is 5. The van der Waals surface area contributed by atoms with Gasteiger partial charge in [-0.05, 0) is 37.5 Å². The molecule has 0 aromatic heterocycles. The van der Waals surface area contributed by atoms with Crippen molar-refractivity contribution in [1.29, 1.82) is 0 Å². The van der Waals surface area contributed by atoms with Crippen molar-refractivity contribution < 1.29 is 32.4 Å². The van der Waals surface area contributed by atoms with Gasteiger partial charge in [-0.1, -0.05) is 72.8 Å². The van der Waals surface area contributed by atoms with Gasteiger partial charge in [0.05, 0.1) is 22.6 Å². The van der Waals surface area contributed by atoms with Crippen molar-refractivity contribution in [2.75, 3.05) is 18.8 Å². The van der Waals surface area contributed by atoms with Gasteiger partial charge < -0.3 is 26.2 Å². The maximum absolute atomic E-state index is 14.5. The largest absolute Gasteiger partial charge is 0.346 e. The van der Waals surface area contributed by atoms with Crippen LogP contribution in [0.1, 0.15) is 105 Å². The van der Waals surface area contributed by atoms with Crippen molar-refractivity contribution in [2.45, 2.75) is 138 Å². The third-order valence-electron chi connectivity index (χ3n) is 10.2. The Bertz CT molecular complexity index is 1360. The predicted octanol–water partition coefficient (Wildman–Crippen LogP) is 3.94. The Kier molecular flexibility index (Phi) is 14.0. The summed E-state index contributed by atoms with van der Waals surface area (Å²) in [5, 5.41) is 10.3. The van der Waals surface area contributed by atoms with E-state index in [4.69, 9.17) is 23.2 Å². The number of rotatable bonds is 13. The van der Waals surface area contributed by atoms with Gasteiger partial charge in [-0.15, -0.1) is 29.8 Å². The zero-order valence-corrected chi connectivity index (χ0v) is 31.9. The molecule has 3 rings (SSSR count). The zero-order chi connectivity index (χ0) is 36.8. The lowest BCUT2D eigenvalue weighted by atomic mass is 9.78. The van der Waals surface area contributed by atoms with Crippen LogP contribution in [0, 0.1) is 11.3 Å². The average molecular weight is 749 g/mol. The summed E-state index contributed by atoms with van der Waals surface area (Å²) in [6, 6.07) is -4.14. The van der Waals surface area contributed by atoms with Gasteiger partial charge in [-0.3, -0.25) is 19.2 Å². The van der Waals surface area contributed by atoms with Crippen LogP contribution in [0.2, 0.25) is 0 Å². The Morgan fingerprint density at radius 3 is 2.24 bits per heavy atom. The van der Waals surface area contributed by atoms with E-state index in [1.165, 1.54) is 11.0 Å². The van der Waals surface area contributed by atoms with Crippen LogP contribution in [0.25, 0.3) is 0 Å². The monoisotopic (exact) mass is 747 g/mol. The van der Waals surface area contributed by atoms with E-state index in [1.807, 2.05) is 6.92 Å². The molecule has 3 aliphatic rings. The number of hydrogen-bond donors (Lipinski definition) is 4. The number of ketones is 1. The number of unbranched alkanes of at least 4 members (excludes halogenated alkanes) is 1. The Hall–Kier alpha value is -2.38. The molecule has 2 unspecified atom stereocenters. The van der Waals surface area contributed by atoms with E-state index in [0.717, 1.165) is 19.3 Å². The maximum Gasteiger partial charge on any atom is 0.315 e. The lowest BCUT2D eigenvalue weighted by Gasteiger charge is -2.47. The van der Waals surface area contributed by atoms with Crippen molar-refractivity contribution in [3.8, 4) is 0 Å². The second-order valence-electron chi connectivity index (χ2n) is 15.1. The molecule has 2 saturated heterocycles. The van der Waals surface area contributed by atoms with E-state index < -0.39 is 84.0 Å². The van der Waals surface area contributed by atoms with Crippen molar-refractivity contribution in [3.63, 3.8) is 0 Å². The third kappa shape index (κ3) is 10.1. The van der Waals surface area contributed by atoms with Gasteiger partial charge in [0, 0.05) is 25.4 Å². The van der Waals surface area contributed by atoms with Crippen molar-refractivity contribution in [3.05, 3.63) is 12.7 Å². The van der Waals surface area contributed by atoms with Gasteiger partial charge in [0.1, 0.15) is 16.4 Å². The Balaban J connectivity index is 1.89. The van der Waals surface area contributed by atoms with E-state index >= 15 is 0 Å². The van der Waals surface area contributed by atoms with Crippen LogP contribution < -0.4 is 21.3 Å². The fourth-order valence-corrected chi connectivity index (χ4v) is 10.1. The molecule has 3 fully saturated rings. The average Bonchev–Trinajstić information content (AvgIpc) is 3.40. The Morgan fingerprint density at radius 1 is 1.04 bits per heavy atom. The molecule has 0 bridgehead atoms. The van der Waals surface area contributed by atoms with E-state index in [1.54, 1.807) is 27.7 Å². The molecule has 5 amide bonds. The number of nitrogens with zero attached hydrogens (tertiary/aromatic N) is 1. The fraction of sp³-hybridized carbons (Fsp3) is 0.794. The Morgan fingerprint density at radius 2 is 1.69 bits per heavy atom. The third-order valence-corrected chi connectivity index (χ3v) is 13.6. The molecule has 1 saturated carbocycles. The van der Waals surface area contributed by atoms with Crippen molar-refractivity contribution >= 4 is 62.6 Å². The molecular weight excluding hydrogens is 693 g/mol. The maximum atomic E-state index is 14.5. The number of alkyl halides is 2. The van der Waals surface area contributed by atoms with E-state index in [0.29, 0.717) is 38.5 Å². The summed E-state index contributed by atoms with van der Waals surface area (Å²) in [4.78, 5) is 69.1. The van der Waals surface area contributed by atoms with Crippen LogP contribution >= 0.6 is 23.2 Å². The minimum atomic E-state index is -3.39. The van der Waals surface area contributed by atoms with E-state index in [2.05, 4.69) is 27.8 Å². The van der Waals surface area contributed by atoms with Gasteiger partial charge in [0.25, 0.3) is 5.91 Å². The summed E-state index contributed by atoms with van der Waals surface area (Å²) in [7, 11) is -3.39. The second-order valence-corrected chi connectivity index (χ2v) is 18.9. The van der Waals surface area contributed by atoms with Crippen LogP contribution in [-0.4, -0.2) is 94.9 Å². The molecule has 0 aromatic carbocycles. The minimum Gasteiger partial charge on any atom is -0.346 e. The number of Topliss-reactive ketones (excluding diaryl/α,β-unsaturated/α-hetero) is 1. The minimum absolute atomic E-state index is 0.0164. The summed E-state index contributed by atoms with van der Waals surface area (Å²) in [5.74, 6) is -3.29. The number of sulfone groups is 1. The molecule has 2 heterocycles. The molecule has 15 heteroatoms. The molecular formula is C34H55Cl2N5O7S. The standard InChI is InChI=1S/C34H55Cl2N5O7S/c1-7-9-14-23(26(42)29(44)37-18-8-2)38-28(43)24-20-34(35,36)22(3)21-41(24)30(45)27(32(4,5)6)39-31(46)40-33(16-11-10-12-17-33)25-15-13-19-49(25,47)48/h8,22-25,27H,2,7,9-21H2,1,3-6H3,(H,37,44)(H,38,43)(H2,39,40,46)/t22?,23-,24-,25?,27+/m0/s1. The Labute approximate surface area is 301 Å². The smallest absolute Gasteiger partial charge is 0.315 e. The quantitative estimate of drug-likeness (QED) is 0.126. The number of carbonyl (C=O) groups is 5. The fourth-order valence-electron chi connectivity index (χ4n) is 7.29. The molecule has 4 N–H and O–H groups in total. The van der Waals surface area contributed by atoms with Crippen molar-refractivity contribution in [2.24, 2.45) is 11.3 Å². The number of urea groups is 1. The van der Waals surface area contributed by atoms with E-state index in [-0.39, 0.29) is 31.7 Å². The van der Waals surface area contributed by atoms with Crippen molar-refractivity contribution in [1.82, 2.24) is 26.2 Å². The summed E-state index contributed by atoms with van der Waals surface area (Å²) >= 11 is 13.3. The molecule has 49 heavy (non-hydrogen) atoms. The first-order valence-corrected chi connectivity index (χ1v) is 20.0. The molecule has 0 aromatic rings. The van der Waals surface area contributed by atoms with Gasteiger partial charge in [-0.25, -0.2) is 13.2 Å². The van der Waals surface area contributed by atoms with Gasteiger partial charge in [0.15, 0.2) is 9.84 Å². The van der Waals surface area contributed by atoms with Gasteiger partial charge >= 0.3 is 6.03 Å². The summed E-state index contributed by atoms with van der Waals surface area (Å²) in [6.45, 7) is 12.6. The molecule has 12 nitrogen and oxygen atoms in total. The van der Waals surface area contributed by atoms with Gasteiger partial charge in [0.2, 0.25) is 17.6 Å². The SMILES string of the molecule is C=CCNC(=O)C(=O)[C@H](CCCC)NC(=O)[C@@H]1CC(Cl)(Cl)C(C)CN1C(=O)[C@@H](NC(=O)NC1(C2CCCS2(=O)=O)CCCCC1)C(C)(C)C. The van der Waals surface area contributed by atoms with Gasteiger partial charge in [-0.2, -0.15) is 0 Å². The number of hydrogen-bond acceptors (Lipinski definition) is 7. The first kappa shape index (κ1) is 41.0.